The number of quaternary nitrogens is 1. The van der Waals surface area contributed by atoms with Crippen molar-refractivity contribution >= 4 is 11.7 Å². The third-order valence-electron chi connectivity index (χ3n) is 8.53. The number of esters is 1. The van der Waals surface area contributed by atoms with E-state index in [2.05, 4.69) is 43.4 Å². The topological polar surface area (TPSA) is 38.3 Å². The molecule has 0 saturated carbocycles. The number of piperidine rings is 1. The summed E-state index contributed by atoms with van der Waals surface area (Å²) in [4.78, 5) is 12.9. The predicted octanol–water partition coefficient (Wildman–Crippen LogP) is 3.98. The Morgan fingerprint density at radius 3 is 2.81 bits per heavy atom. The molecule has 27 heavy (non-hydrogen) atoms. The smallest absolute Gasteiger partial charge is 0.335 e. The minimum Gasteiger partial charge on any atom is -0.466 e. The number of nitrogens with zero attached hydrogens (tertiary/aromatic N) is 1. The van der Waals surface area contributed by atoms with E-state index in [1.54, 1.807) is 0 Å². The van der Waals surface area contributed by atoms with Gasteiger partial charge >= 0.3 is 5.97 Å². The van der Waals surface area contributed by atoms with Crippen LogP contribution in [-0.4, -0.2) is 43.2 Å². The number of rotatable bonds is 3. The summed E-state index contributed by atoms with van der Waals surface area (Å²) in [6.07, 6.45) is 5.63. The van der Waals surface area contributed by atoms with Crippen LogP contribution in [-0.2, 0) is 14.9 Å². The van der Waals surface area contributed by atoms with Crippen molar-refractivity contribution in [1.82, 2.24) is 0 Å². The summed E-state index contributed by atoms with van der Waals surface area (Å²) in [7, 11) is 1.53. The molecule has 4 heteroatoms. The van der Waals surface area contributed by atoms with Crippen LogP contribution in [0.4, 0.5) is 5.69 Å². The number of nitrogens with one attached hydrogen (secondary N) is 1. The first-order valence-corrected chi connectivity index (χ1v) is 10.6. The average Bonchev–Trinajstić information content (AvgIpc) is 3.25. The van der Waals surface area contributed by atoms with Crippen LogP contribution in [0.5, 0.6) is 0 Å². The second-order valence-corrected chi connectivity index (χ2v) is 9.12. The zero-order valence-electron chi connectivity index (χ0n) is 16.8. The van der Waals surface area contributed by atoms with Gasteiger partial charge in [0.05, 0.1) is 37.7 Å². The second kappa shape index (κ2) is 5.60. The van der Waals surface area contributed by atoms with Gasteiger partial charge in [-0.2, -0.15) is 0 Å². The van der Waals surface area contributed by atoms with Gasteiger partial charge in [0.25, 0.3) is 0 Å². The molecule has 4 atom stereocenters. The first-order chi connectivity index (χ1) is 13.1. The highest BCUT2D eigenvalue weighted by molar-refractivity contribution is 5.93. The molecule has 5 rings (SSSR count). The van der Waals surface area contributed by atoms with Gasteiger partial charge in [0.1, 0.15) is 6.04 Å². The maximum atomic E-state index is 12.9. The van der Waals surface area contributed by atoms with Crippen LogP contribution >= 0.6 is 0 Å². The van der Waals surface area contributed by atoms with Crippen molar-refractivity contribution < 1.29 is 14.0 Å². The minimum absolute atomic E-state index is 0.0508. The Balaban J connectivity index is 1.84. The highest BCUT2D eigenvalue weighted by atomic mass is 16.5. The summed E-state index contributed by atoms with van der Waals surface area (Å²) in [5.74, 6) is -0.136. The van der Waals surface area contributed by atoms with Gasteiger partial charge in [0, 0.05) is 23.2 Å². The molecule has 3 heterocycles. The molecule has 0 radical (unpaired) electrons. The number of ether oxygens (including phenoxy) is 1. The number of carbonyl (C=O) groups is 1. The first-order valence-electron chi connectivity index (χ1n) is 10.6. The van der Waals surface area contributed by atoms with E-state index in [1.807, 2.05) is 0 Å². The predicted molar refractivity (Wildman–Crippen MR) is 106 cm³/mol. The number of hydrogen-bond acceptors (Lipinski definition) is 3. The highest BCUT2D eigenvalue weighted by Crippen LogP contribution is 2.67. The highest BCUT2D eigenvalue weighted by Gasteiger charge is 2.72. The molecule has 144 valence electrons. The van der Waals surface area contributed by atoms with E-state index in [9.17, 15) is 4.79 Å². The van der Waals surface area contributed by atoms with Crippen molar-refractivity contribution in [2.24, 2.45) is 5.41 Å². The van der Waals surface area contributed by atoms with Crippen molar-refractivity contribution in [1.29, 1.82) is 0 Å². The number of carbonyl (C=O) groups excluding carboxylic acids is 1. The van der Waals surface area contributed by atoms with Crippen LogP contribution in [0.3, 0.4) is 0 Å². The largest absolute Gasteiger partial charge is 0.466 e. The van der Waals surface area contributed by atoms with Crippen molar-refractivity contribution in [3.05, 3.63) is 41.1 Å². The van der Waals surface area contributed by atoms with Crippen LogP contribution in [0.15, 0.2) is 35.5 Å². The lowest BCUT2D eigenvalue weighted by molar-refractivity contribution is -0.952. The van der Waals surface area contributed by atoms with Gasteiger partial charge in [0.2, 0.25) is 0 Å². The molecular weight excluding hydrogens is 336 g/mol. The van der Waals surface area contributed by atoms with Crippen LogP contribution in [0.1, 0.15) is 51.5 Å². The van der Waals surface area contributed by atoms with Crippen molar-refractivity contribution in [2.45, 2.75) is 57.4 Å². The maximum Gasteiger partial charge on any atom is 0.335 e. The van der Waals surface area contributed by atoms with Gasteiger partial charge in [-0.1, -0.05) is 25.1 Å². The monoisotopic (exact) mass is 367 g/mol. The first kappa shape index (κ1) is 17.3. The van der Waals surface area contributed by atoms with E-state index < -0.39 is 0 Å². The fraction of sp³-hybridized carbons (Fsp3) is 0.609. The van der Waals surface area contributed by atoms with Crippen molar-refractivity contribution in [3.63, 3.8) is 0 Å². The third kappa shape index (κ3) is 1.90. The van der Waals surface area contributed by atoms with Crippen LogP contribution in [0.2, 0.25) is 0 Å². The maximum absolute atomic E-state index is 12.9. The fourth-order valence-corrected chi connectivity index (χ4v) is 7.53. The molecule has 0 aromatic heterocycles. The number of anilines is 1. The number of fused-ring (bicyclic) bond motifs is 1. The lowest BCUT2D eigenvalue weighted by atomic mass is 9.53. The second-order valence-electron chi connectivity index (χ2n) is 9.12. The molecule has 2 fully saturated rings. The molecular formula is C23H31N2O2+. The molecule has 1 aliphatic carbocycles. The molecule has 1 aromatic rings. The zero-order chi connectivity index (χ0) is 18.9. The van der Waals surface area contributed by atoms with E-state index in [0.717, 1.165) is 24.8 Å². The number of methoxy groups -OCH3 is 1. The number of likely N-dealkylation sites (N-methyl/N-ethyl adjacent to an activating group) is 1. The lowest BCUT2D eigenvalue weighted by Gasteiger charge is -2.59. The Morgan fingerprint density at radius 1 is 1.26 bits per heavy atom. The van der Waals surface area contributed by atoms with E-state index in [-0.39, 0.29) is 16.8 Å². The van der Waals surface area contributed by atoms with Crippen LogP contribution < -0.4 is 5.32 Å². The van der Waals surface area contributed by atoms with Crippen molar-refractivity contribution in [2.75, 3.05) is 32.1 Å². The van der Waals surface area contributed by atoms with Gasteiger partial charge in [-0.15, -0.1) is 0 Å². The molecule has 0 bridgehead atoms. The quantitative estimate of drug-likeness (QED) is 0.649. The van der Waals surface area contributed by atoms with Gasteiger partial charge in [-0.3, -0.25) is 0 Å². The molecule has 4 aliphatic rings. The molecule has 1 N–H and O–H groups in total. The Kier molecular flexibility index (Phi) is 3.59. The molecule has 4 nitrogen and oxygen atoms in total. The van der Waals surface area contributed by atoms with E-state index in [4.69, 9.17) is 4.74 Å². The molecule has 2 saturated heterocycles. The normalized spacial score (nSPS) is 38.7. The summed E-state index contributed by atoms with van der Waals surface area (Å²) >= 11 is 0. The Labute approximate surface area is 162 Å². The summed E-state index contributed by atoms with van der Waals surface area (Å²) < 4.78 is 6.50. The zero-order valence-corrected chi connectivity index (χ0v) is 16.8. The Bertz CT molecular complexity index is 847. The van der Waals surface area contributed by atoms with E-state index in [0.29, 0.717) is 6.04 Å². The molecule has 1 unspecified atom stereocenters. The average molecular weight is 368 g/mol. The summed E-state index contributed by atoms with van der Waals surface area (Å²) in [5.41, 5.74) is 4.83. The van der Waals surface area contributed by atoms with E-state index >= 15 is 0 Å². The van der Waals surface area contributed by atoms with Gasteiger partial charge in [-0.05, 0) is 44.2 Å². The van der Waals surface area contributed by atoms with Crippen LogP contribution in [0, 0.1) is 5.41 Å². The standard InChI is InChI=1S/C23H30N2O2/c1-4-22-11-8-13-25(5-2)14-12-23(21(22)25)17-9-6-7-10-18(17)24-19(23)16(15-22)20(26)27-3/h6-7,9-10,21H,4-5,8,11-15H2,1-3H3/p+1/t21-,22+,23-,25?/m0/s1. The van der Waals surface area contributed by atoms with Gasteiger partial charge in [-0.25, -0.2) is 4.79 Å². The SMILES string of the molecule is CC[C@@]12CCC[N+]3(CC)CC[C@]4(C(=C(C(=O)OC)C1)Nc1ccccc14)[C@H]23. The summed E-state index contributed by atoms with van der Waals surface area (Å²) in [5, 5.41) is 3.70. The molecule has 0 amide bonds. The minimum atomic E-state index is -0.136. The number of para-hydroxylation sites is 1. The molecule has 1 spiro atoms. The van der Waals surface area contributed by atoms with Crippen molar-refractivity contribution in [3.8, 4) is 0 Å². The van der Waals surface area contributed by atoms with E-state index in [1.165, 1.54) is 61.0 Å². The Hall–Kier alpha value is -1.81. The summed E-state index contributed by atoms with van der Waals surface area (Å²) in [6, 6.07) is 9.32. The summed E-state index contributed by atoms with van der Waals surface area (Å²) in [6.45, 7) is 8.41. The van der Waals surface area contributed by atoms with Gasteiger partial charge < -0.3 is 14.5 Å². The Morgan fingerprint density at radius 2 is 2.07 bits per heavy atom. The number of hydrogen-bond donors (Lipinski definition) is 1. The number of benzene rings is 1. The molecule has 3 aliphatic heterocycles. The van der Waals surface area contributed by atoms with Crippen LogP contribution in [0.25, 0.3) is 0 Å². The molecule has 1 aromatic carbocycles. The lowest BCUT2D eigenvalue weighted by Crippen LogP contribution is -2.68. The van der Waals surface area contributed by atoms with Gasteiger partial charge in [0.15, 0.2) is 0 Å². The third-order valence-corrected chi connectivity index (χ3v) is 8.53. The fourth-order valence-electron chi connectivity index (χ4n) is 7.53.